The first-order valence-electron chi connectivity index (χ1n) is 3.78. The van der Waals surface area contributed by atoms with E-state index >= 15 is 0 Å². The molecule has 0 aliphatic rings. The first-order chi connectivity index (χ1) is 6.51. The molecule has 0 aliphatic heterocycles. The summed E-state index contributed by atoms with van der Waals surface area (Å²) in [6.07, 6.45) is 1.42. The fourth-order valence-corrected chi connectivity index (χ4v) is 1.35. The van der Waals surface area contributed by atoms with Gasteiger partial charge in [0.05, 0.1) is 7.11 Å². The topological polar surface area (TPSA) is 43.4 Å². The van der Waals surface area contributed by atoms with E-state index in [0.717, 1.165) is 16.7 Å². The summed E-state index contributed by atoms with van der Waals surface area (Å²) in [5, 5.41) is 0.941. The Kier molecular flexibility index (Phi) is 3.55. The lowest BCUT2D eigenvalue weighted by Gasteiger charge is -1.98. The van der Waals surface area contributed by atoms with E-state index in [0.29, 0.717) is 0 Å². The quantitative estimate of drug-likeness (QED) is 0.751. The molecule has 0 aliphatic carbocycles. The van der Waals surface area contributed by atoms with Crippen molar-refractivity contribution in [3.63, 3.8) is 0 Å². The van der Waals surface area contributed by atoms with Crippen molar-refractivity contribution in [3.8, 4) is 5.75 Å². The van der Waals surface area contributed by atoms with Crippen LogP contribution in [0.15, 0.2) is 29.7 Å². The van der Waals surface area contributed by atoms with Crippen molar-refractivity contribution in [3.05, 3.63) is 35.2 Å². The van der Waals surface area contributed by atoms with Gasteiger partial charge in [0.1, 0.15) is 5.75 Å². The van der Waals surface area contributed by atoms with E-state index in [2.05, 4.69) is 0 Å². The molecule has 0 fully saturated rings. The van der Waals surface area contributed by atoms with Gasteiger partial charge in [-0.25, -0.2) is 8.42 Å². The van der Waals surface area contributed by atoms with Gasteiger partial charge in [0, 0.05) is 16.1 Å². The standard InChI is InChI=1S/C9H9ClO3S/c1-13-9-4-2-8(3-5-9)6-7-14(10,11)12/h2-7H,1H3/b7-6-. The molecular formula is C9H9ClO3S. The Morgan fingerprint density at radius 1 is 1.29 bits per heavy atom. The van der Waals surface area contributed by atoms with Crippen LogP contribution in [0.25, 0.3) is 6.08 Å². The first kappa shape index (κ1) is 11.1. The van der Waals surface area contributed by atoms with E-state index in [9.17, 15) is 8.42 Å². The van der Waals surface area contributed by atoms with Crippen LogP contribution >= 0.6 is 10.7 Å². The number of rotatable bonds is 3. The second kappa shape index (κ2) is 4.48. The predicted molar refractivity (Wildman–Crippen MR) is 56.8 cm³/mol. The van der Waals surface area contributed by atoms with Crippen molar-refractivity contribution < 1.29 is 13.2 Å². The van der Waals surface area contributed by atoms with Crippen LogP contribution in [0.1, 0.15) is 5.56 Å². The fourth-order valence-electron chi connectivity index (χ4n) is 0.875. The van der Waals surface area contributed by atoms with Gasteiger partial charge in [-0.1, -0.05) is 12.1 Å². The largest absolute Gasteiger partial charge is 0.497 e. The minimum absolute atomic E-state index is 0.718. The molecule has 0 spiro atoms. The van der Waals surface area contributed by atoms with Crippen LogP contribution in [-0.4, -0.2) is 15.5 Å². The highest BCUT2D eigenvalue weighted by atomic mass is 35.7. The highest BCUT2D eigenvalue weighted by Crippen LogP contribution is 2.13. The highest BCUT2D eigenvalue weighted by molar-refractivity contribution is 8.16. The predicted octanol–water partition coefficient (Wildman–Crippen LogP) is 2.23. The summed E-state index contributed by atoms with van der Waals surface area (Å²) < 4.78 is 26.1. The van der Waals surface area contributed by atoms with Crippen LogP contribution in [0.5, 0.6) is 5.75 Å². The maximum Gasteiger partial charge on any atom is 0.254 e. The molecule has 0 radical (unpaired) electrons. The minimum atomic E-state index is -3.58. The molecule has 1 aromatic carbocycles. The normalized spacial score (nSPS) is 11.9. The molecule has 1 rings (SSSR count). The van der Waals surface area contributed by atoms with Crippen molar-refractivity contribution in [1.29, 1.82) is 0 Å². The minimum Gasteiger partial charge on any atom is -0.497 e. The second-order valence-electron chi connectivity index (χ2n) is 2.55. The third-order valence-electron chi connectivity index (χ3n) is 1.54. The number of hydrogen-bond acceptors (Lipinski definition) is 3. The van der Waals surface area contributed by atoms with Crippen LogP contribution < -0.4 is 4.74 Å². The van der Waals surface area contributed by atoms with Crippen LogP contribution in [0.3, 0.4) is 0 Å². The smallest absolute Gasteiger partial charge is 0.254 e. The Balaban J connectivity index is 2.84. The Labute approximate surface area is 87.4 Å². The summed E-state index contributed by atoms with van der Waals surface area (Å²) in [6, 6.07) is 6.94. The number of ether oxygens (including phenoxy) is 1. The average molecular weight is 233 g/mol. The molecule has 0 bridgehead atoms. The molecule has 3 nitrogen and oxygen atoms in total. The van der Waals surface area contributed by atoms with Crippen molar-refractivity contribution in [2.45, 2.75) is 0 Å². The summed E-state index contributed by atoms with van der Waals surface area (Å²) in [7, 11) is 2.99. The first-order valence-corrected chi connectivity index (χ1v) is 6.15. The zero-order valence-electron chi connectivity index (χ0n) is 7.48. The van der Waals surface area contributed by atoms with Crippen molar-refractivity contribution >= 4 is 25.8 Å². The maximum atomic E-state index is 10.6. The van der Waals surface area contributed by atoms with Gasteiger partial charge >= 0.3 is 0 Å². The summed E-state index contributed by atoms with van der Waals surface area (Å²) in [4.78, 5) is 0. The van der Waals surface area contributed by atoms with Gasteiger partial charge in [0.2, 0.25) is 0 Å². The van der Waals surface area contributed by atoms with Crippen LogP contribution in [0, 0.1) is 0 Å². The molecule has 76 valence electrons. The molecule has 1 aromatic rings. The van der Waals surface area contributed by atoms with Crippen LogP contribution in [0.2, 0.25) is 0 Å². The molecule has 0 saturated heterocycles. The van der Waals surface area contributed by atoms with E-state index < -0.39 is 9.05 Å². The highest BCUT2D eigenvalue weighted by Gasteiger charge is 1.96. The van der Waals surface area contributed by atoms with Crippen molar-refractivity contribution in [2.24, 2.45) is 0 Å². The zero-order valence-corrected chi connectivity index (χ0v) is 9.05. The number of hydrogen-bond donors (Lipinski definition) is 0. The molecule has 0 heterocycles. The number of halogens is 1. The maximum absolute atomic E-state index is 10.6. The fraction of sp³-hybridized carbons (Fsp3) is 0.111. The molecule has 5 heteroatoms. The molecule has 0 saturated carbocycles. The van der Waals surface area contributed by atoms with Gasteiger partial charge in [-0.15, -0.1) is 0 Å². The summed E-state index contributed by atoms with van der Waals surface area (Å²) in [6.45, 7) is 0. The molecule has 0 aromatic heterocycles. The summed E-state index contributed by atoms with van der Waals surface area (Å²) in [5.74, 6) is 0.718. The monoisotopic (exact) mass is 232 g/mol. The number of benzene rings is 1. The summed E-state index contributed by atoms with van der Waals surface area (Å²) in [5.41, 5.74) is 0.745. The van der Waals surface area contributed by atoms with E-state index in [1.165, 1.54) is 6.08 Å². The third kappa shape index (κ3) is 3.81. The van der Waals surface area contributed by atoms with Gasteiger partial charge in [-0.2, -0.15) is 0 Å². The Bertz CT molecular complexity index is 420. The Morgan fingerprint density at radius 3 is 2.29 bits per heavy atom. The lowest BCUT2D eigenvalue weighted by Crippen LogP contribution is -1.82. The lowest BCUT2D eigenvalue weighted by molar-refractivity contribution is 0.415. The van der Waals surface area contributed by atoms with Gasteiger partial charge in [-0.05, 0) is 23.8 Å². The molecule has 0 N–H and O–H groups in total. The molecule has 0 unspecified atom stereocenters. The van der Waals surface area contributed by atoms with E-state index in [1.54, 1.807) is 31.4 Å². The van der Waals surface area contributed by atoms with Gasteiger partial charge in [0.15, 0.2) is 0 Å². The Hall–Kier alpha value is -1.00. The van der Waals surface area contributed by atoms with Gasteiger partial charge < -0.3 is 4.74 Å². The molecule has 14 heavy (non-hydrogen) atoms. The summed E-state index contributed by atoms with van der Waals surface area (Å²) >= 11 is 0. The van der Waals surface area contributed by atoms with Gasteiger partial charge in [-0.3, -0.25) is 0 Å². The van der Waals surface area contributed by atoms with E-state index in [4.69, 9.17) is 15.4 Å². The van der Waals surface area contributed by atoms with E-state index in [-0.39, 0.29) is 0 Å². The second-order valence-corrected chi connectivity index (χ2v) is 5.07. The average Bonchev–Trinajstić information content (AvgIpc) is 2.14. The molecule has 0 amide bonds. The van der Waals surface area contributed by atoms with Gasteiger partial charge in [0.25, 0.3) is 9.05 Å². The Morgan fingerprint density at radius 2 is 1.86 bits per heavy atom. The van der Waals surface area contributed by atoms with Crippen LogP contribution in [0.4, 0.5) is 0 Å². The molecule has 0 atom stereocenters. The van der Waals surface area contributed by atoms with E-state index in [1.807, 2.05) is 0 Å². The third-order valence-corrected chi connectivity index (χ3v) is 2.31. The SMILES string of the molecule is COc1ccc(/C=C\S(=O)(=O)Cl)cc1. The van der Waals surface area contributed by atoms with Crippen LogP contribution in [-0.2, 0) is 9.05 Å². The van der Waals surface area contributed by atoms with Crippen molar-refractivity contribution in [1.82, 2.24) is 0 Å². The van der Waals surface area contributed by atoms with Crippen molar-refractivity contribution in [2.75, 3.05) is 7.11 Å². The zero-order chi connectivity index (χ0) is 10.6. The lowest BCUT2D eigenvalue weighted by atomic mass is 10.2. The number of methoxy groups -OCH3 is 1. The molecular weight excluding hydrogens is 224 g/mol.